The summed E-state index contributed by atoms with van der Waals surface area (Å²) in [7, 11) is 0. The van der Waals surface area contributed by atoms with Crippen molar-refractivity contribution in [2.45, 2.75) is 51.5 Å². The Morgan fingerprint density at radius 2 is 2.15 bits per heavy atom. The second-order valence-corrected chi connectivity index (χ2v) is 5.74. The molecule has 114 valence electrons. The molecular weight excluding hydrogens is 258 g/mol. The third-order valence-corrected chi connectivity index (χ3v) is 4.71. The van der Waals surface area contributed by atoms with Gasteiger partial charge in [0.05, 0.1) is 0 Å². The van der Waals surface area contributed by atoms with E-state index >= 15 is 0 Å². The van der Waals surface area contributed by atoms with Gasteiger partial charge in [0.25, 0.3) is 0 Å². The predicted molar refractivity (Wildman–Crippen MR) is 75.5 cm³/mol. The smallest absolute Gasteiger partial charge is 0.236 e. The topological polar surface area (TPSA) is 88.2 Å². The molecule has 2 saturated heterocycles. The molecule has 0 aromatic rings. The summed E-state index contributed by atoms with van der Waals surface area (Å²) in [4.78, 5) is 15.0. The van der Waals surface area contributed by atoms with Gasteiger partial charge in [-0.15, -0.1) is 0 Å². The number of carbonyl (C=O) groups is 1. The highest BCUT2D eigenvalue weighted by Gasteiger charge is 2.48. The van der Waals surface area contributed by atoms with Crippen LogP contribution in [0.2, 0.25) is 0 Å². The van der Waals surface area contributed by atoms with Crippen molar-refractivity contribution < 1.29 is 14.7 Å². The number of piperidine rings is 1. The molecule has 0 spiro atoms. The molecule has 2 rings (SSSR count). The molecule has 2 aliphatic heterocycles. The van der Waals surface area contributed by atoms with Crippen LogP contribution in [0.1, 0.15) is 45.4 Å². The summed E-state index contributed by atoms with van der Waals surface area (Å²) in [5.41, 5.74) is 5.00. The van der Waals surface area contributed by atoms with Crippen LogP contribution in [-0.2, 0) is 9.53 Å². The Morgan fingerprint density at radius 1 is 1.45 bits per heavy atom. The first-order valence-electron chi connectivity index (χ1n) is 7.52. The van der Waals surface area contributed by atoms with E-state index in [2.05, 4.69) is 12.1 Å². The number of carbonyl (C=O) groups excluding carboxylic acids is 1. The lowest BCUT2D eigenvalue weighted by Crippen LogP contribution is -2.57. The Hall–Kier alpha value is -1.30. The van der Waals surface area contributed by atoms with Crippen LogP contribution in [-0.4, -0.2) is 47.7 Å². The summed E-state index contributed by atoms with van der Waals surface area (Å²) < 4.78 is 5.35. The van der Waals surface area contributed by atoms with Crippen molar-refractivity contribution in [1.82, 2.24) is 4.90 Å². The van der Waals surface area contributed by atoms with Crippen LogP contribution in [0.4, 0.5) is 0 Å². The molecule has 0 aromatic heterocycles. The fourth-order valence-corrected chi connectivity index (χ4v) is 3.36. The third kappa shape index (κ3) is 2.61. The normalized spacial score (nSPS) is 27.4. The quantitative estimate of drug-likeness (QED) is 0.354. The number of amidine groups is 1. The maximum absolute atomic E-state index is 13.0. The number of amides is 1. The number of likely N-dealkylation sites (tertiary alicyclic amines) is 1. The molecule has 20 heavy (non-hydrogen) atoms. The number of hydrogen-bond donors (Lipinski definition) is 2. The van der Waals surface area contributed by atoms with Crippen LogP contribution >= 0.6 is 0 Å². The van der Waals surface area contributed by atoms with Crippen molar-refractivity contribution in [2.24, 2.45) is 16.3 Å². The van der Waals surface area contributed by atoms with Crippen molar-refractivity contribution in [2.75, 3.05) is 19.8 Å². The minimum Gasteiger partial charge on any atom is -0.409 e. The Bertz CT molecular complexity index is 378. The molecule has 3 N–H and O–H groups in total. The molecule has 2 fully saturated rings. The maximum atomic E-state index is 13.0. The first-order chi connectivity index (χ1) is 9.65. The minimum absolute atomic E-state index is 0.0163. The van der Waals surface area contributed by atoms with E-state index in [9.17, 15) is 4.79 Å². The van der Waals surface area contributed by atoms with Gasteiger partial charge in [0.15, 0.2) is 5.84 Å². The number of nitrogens with zero attached hydrogens (tertiary/aromatic N) is 2. The predicted octanol–water partition coefficient (Wildman–Crippen LogP) is 1.32. The number of hydrogen-bond acceptors (Lipinski definition) is 4. The Labute approximate surface area is 119 Å². The molecule has 6 nitrogen and oxygen atoms in total. The molecule has 2 heterocycles. The second kappa shape index (κ2) is 6.43. The zero-order valence-corrected chi connectivity index (χ0v) is 12.2. The van der Waals surface area contributed by atoms with Gasteiger partial charge in [-0.3, -0.25) is 4.79 Å². The van der Waals surface area contributed by atoms with Crippen molar-refractivity contribution in [3.63, 3.8) is 0 Å². The number of ether oxygens (including phenoxy) is 1. The molecule has 2 aliphatic rings. The first-order valence-corrected chi connectivity index (χ1v) is 7.52. The van der Waals surface area contributed by atoms with Crippen LogP contribution < -0.4 is 5.73 Å². The molecule has 0 radical (unpaired) electrons. The van der Waals surface area contributed by atoms with Gasteiger partial charge in [-0.25, -0.2) is 0 Å². The van der Waals surface area contributed by atoms with E-state index in [1.807, 2.05) is 4.90 Å². The summed E-state index contributed by atoms with van der Waals surface area (Å²) >= 11 is 0. The van der Waals surface area contributed by atoms with Gasteiger partial charge >= 0.3 is 0 Å². The van der Waals surface area contributed by atoms with Crippen molar-refractivity contribution in [3.8, 4) is 0 Å². The Morgan fingerprint density at radius 3 is 2.75 bits per heavy atom. The summed E-state index contributed by atoms with van der Waals surface area (Å²) in [6.07, 6.45) is 5.19. The summed E-state index contributed by atoms with van der Waals surface area (Å²) in [6, 6.07) is 0.280. The van der Waals surface area contributed by atoms with Gasteiger partial charge in [0.2, 0.25) is 5.91 Å². The highest BCUT2D eigenvalue weighted by atomic mass is 16.5. The average molecular weight is 283 g/mol. The molecular formula is C14H25N3O3. The lowest BCUT2D eigenvalue weighted by atomic mass is 9.76. The molecule has 1 amide bonds. The van der Waals surface area contributed by atoms with E-state index in [0.717, 1.165) is 25.8 Å². The van der Waals surface area contributed by atoms with Gasteiger partial charge in [-0.05, 0) is 38.5 Å². The lowest BCUT2D eigenvalue weighted by molar-refractivity contribution is -0.146. The third-order valence-electron chi connectivity index (χ3n) is 4.71. The minimum atomic E-state index is -0.877. The monoisotopic (exact) mass is 283 g/mol. The van der Waals surface area contributed by atoms with Gasteiger partial charge in [0.1, 0.15) is 5.41 Å². The highest BCUT2D eigenvalue weighted by molar-refractivity contribution is 6.07. The lowest BCUT2D eigenvalue weighted by Gasteiger charge is -2.43. The van der Waals surface area contributed by atoms with E-state index in [1.165, 1.54) is 6.42 Å². The Balaban J connectivity index is 2.26. The molecule has 0 aromatic carbocycles. The largest absolute Gasteiger partial charge is 0.409 e. The zero-order chi connectivity index (χ0) is 14.6. The van der Waals surface area contributed by atoms with Crippen LogP contribution in [0.3, 0.4) is 0 Å². The Kier molecular flexibility index (Phi) is 4.86. The molecule has 1 unspecified atom stereocenters. The van der Waals surface area contributed by atoms with Crippen LogP contribution in [0, 0.1) is 5.41 Å². The van der Waals surface area contributed by atoms with Gasteiger partial charge in [-0.2, -0.15) is 0 Å². The van der Waals surface area contributed by atoms with Crippen LogP contribution in [0.15, 0.2) is 5.16 Å². The molecule has 0 bridgehead atoms. The van der Waals surface area contributed by atoms with E-state index < -0.39 is 5.41 Å². The number of rotatable bonds is 3. The van der Waals surface area contributed by atoms with Crippen LogP contribution in [0.25, 0.3) is 0 Å². The average Bonchev–Trinajstić information content (AvgIpc) is 2.53. The summed E-state index contributed by atoms with van der Waals surface area (Å²) in [5.74, 6) is 0.0499. The maximum Gasteiger partial charge on any atom is 0.236 e. The van der Waals surface area contributed by atoms with Crippen molar-refractivity contribution >= 4 is 11.7 Å². The summed E-state index contributed by atoms with van der Waals surface area (Å²) in [5, 5.41) is 12.2. The highest BCUT2D eigenvalue weighted by Crippen LogP contribution is 2.35. The van der Waals surface area contributed by atoms with Crippen molar-refractivity contribution in [3.05, 3.63) is 0 Å². The molecule has 6 heteroatoms. The van der Waals surface area contributed by atoms with Gasteiger partial charge in [0, 0.05) is 25.8 Å². The SMILES string of the molecule is CCC1CCCCN1C(=O)C1(C(N)=NO)CCOCC1. The van der Waals surface area contributed by atoms with E-state index in [-0.39, 0.29) is 17.8 Å². The first kappa shape index (κ1) is 15.1. The van der Waals surface area contributed by atoms with Gasteiger partial charge < -0.3 is 20.6 Å². The molecule has 0 aliphatic carbocycles. The van der Waals surface area contributed by atoms with E-state index in [1.54, 1.807) is 0 Å². The summed E-state index contributed by atoms with van der Waals surface area (Å²) in [6.45, 7) is 3.84. The fourth-order valence-electron chi connectivity index (χ4n) is 3.36. The number of nitrogens with two attached hydrogens (primary N) is 1. The van der Waals surface area contributed by atoms with E-state index in [0.29, 0.717) is 26.1 Å². The van der Waals surface area contributed by atoms with Gasteiger partial charge in [-0.1, -0.05) is 12.1 Å². The fraction of sp³-hybridized carbons (Fsp3) is 0.857. The molecule has 1 atom stereocenters. The standard InChI is InChI=1S/C14H25N3O3/c1-2-11-5-3-4-8-17(11)13(18)14(12(15)16-19)6-9-20-10-7-14/h11,19H,2-10H2,1H3,(H2,15,16). The van der Waals surface area contributed by atoms with Crippen molar-refractivity contribution in [1.29, 1.82) is 0 Å². The van der Waals surface area contributed by atoms with Crippen LogP contribution in [0.5, 0.6) is 0 Å². The number of oxime groups is 1. The van der Waals surface area contributed by atoms with E-state index in [4.69, 9.17) is 15.7 Å². The molecule has 0 saturated carbocycles. The second-order valence-electron chi connectivity index (χ2n) is 5.74. The zero-order valence-electron chi connectivity index (χ0n) is 12.2.